The summed E-state index contributed by atoms with van der Waals surface area (Å²) in [6.45, 7) is -0.00401. The Bertz CT molecular complexity index is 1060. The van der Waals surface area contributed by atoms with Crippen molar-refractivity contribution in [2.24, 2.45) is 0 Å². The van der Waals surface area contributed by atoms with Gasteiger partial charge >= 0.3 is 0 Å². The second-order valence-corrected chi connectivity index (χ2v) is 7.52. The molecular formula is C22H21FN2O6S. The van der Waals surface area contributed by atoms with Gasteiger partial charge in [-0.05, 0) is 36.0 Å². The number of amides is 3. The summed E-state index contributed by atoms with van der Waals surface area (Å²) in [6.07, 6.45) is 1.34. The van der Waals surface area contributed by atoms with Crippen LogP contribution in [-0.4, -0.2) is 56.4 Å². The standard InChI is InChI=1S/C22H21FN2O6S/c1-29-16-10-14(11-17(30-2)19(16)31-3)20(26)24-8-9-25-21(27)18(32-22(25)28)12-13-6-4-5-7-15(13)23/h4-7,10-12H,8-9H2,1-3H3,(H,24,26)/b18-12-. The van der Waals surface area contributed by atoms with E-state index in [4.69, 9.17) is 14.2 Å². The third-order valence-corrected chi connectivity index (χ3v) is 5.52. The van der Waals surface area contributed by atoms with Gasteiger partial charge in [0.1, 0.15) is 5.82 Å². The number of benzene rings is 2. The molecule has 3 rings (SSSR count). The first-order valence-electron chi connectivity index (χ1n) is 9.47. The summed E-state index contributed by atoms with van der Waals surface area (Å²) in [5, 5.41) is 2.17. The molecule has 32 heavy (non-hydrogen) atoms. The average Bonchev–Trinajstić information content (AvgIpc) is 3.06. The third-order valence-electron chi connectivity index (χ3n) is 4.61. The normalized spacial score (nSPS) is 14.6. The summed E-state index contributed by atoms with van der Waals surface area (Å²) in [6, 6.07) is 8.95. The molecule has 0 aromatic heterocycles. The van der Waals surface area contributed by atoms with E-state index in [1.54, 1.807) is 6.07 Å². The molecule has 0 aliphatic carbocycles. The number of carbonyl (C=O) groups excluding carboxylic acids is 3. The highest BCUT2D eigenvalue weighted by molar-refractivity contribution is 8.18. The van der Waals surface area contributed by atoms with Gasteiger partial charge in [-0.3, -0.25) is 19.3 Å². The Labute approximate surface area is 188 Å². The van der Waals surface area contributed by atoms with E-state index >= 15 is 0 Å². The van der Waals surface area contributed by atoms with Crippen LogP contribution in [0.2, 0.25) is 0 Å². The molecule has 3 amide bonds. The number of thioether (sulfide) groups is 1. The van der Waals surface area contributed by atoms with Crippen molar-refractivity contribution < 1.29 is 33.0 Å². The number of methoxy groups -OCH3 is 3. The third kappa shape index (κ3) is 4.86. The molecule has 0 radical (unpaired) electrons. The van der Waals surface area contributed by atoms with E-state index in [0.717, 1.165) is 16.7 Å². The van der Waals surface area contributed by atoms with Gasteiger partial charge in [-0.25, -0.2) is 4.39 Å². The minimum atomic E-state index is -0.537. The Morgan fingerprint density at radius 2 is 1.75 bits per heavy atom. The molecule has 1 heterocycles. The zero-order chi connectivity index (χ0) is 23.3. The van der Waals surface area contributed by atoms with Gasteiger partial charge in [-0.2, -0.15) is 0 Å². The zero-order valence-corrected chi connectivity index (χ0v) is 18.5. The molecule has 168 valence electrons. The van der Waals surface area contributed by atoms with Crippen LogP contribution in [0, 0.1) is 5.82 Å². The summed E-state index contributed by atoms with van der Waals surface area (Å²) in [7, 11) is 4.33. The number of hydrogen-bond donors (Lipinski definition) is 1. The number of hydrogen-bond acceptors (Lipinski definition) is 7. The molecule has 0 saturated carbocycles. The Hall–Kier alpha value is -3.53. The lowest BCUT2D eigenvalue weighted by Gasteiger charge is -2.15. The molecule has 2 aromatic rings. The first-order valence-corrected chi connectivity index (χ1v) is 10.3. The number of rotatable bonds is 8. The minimum Gasteiger partial charge on any atom is -0.493 e. The zero-order valence-electron chi connectivity index (χ0n) is 17.6. The van der Waals surface area contributed by atoms with E-state index in [0.29, 0.717) is 17.2 Å². The second kappa shape index (κ2) is 10.2. The topological polar surface area (TPSA) is 94.2 Å². The maximum absolute atomic E-state index is 13.8. The first kappa shape index (κ1) is 23.1. The van der Waals surface area contributed by atoms with E-state index in [2.05, 4.69) is 5.32 Å². The maximum Gasteiger partial charge on any atom is 0.293 e. The molecule has 1 saturated heterocycles. The number of carbonyl (C=O) groups is 3. The van der Waals surface area contributed by atoms with Gasteiger partial charge in [-0.1, -0.05) is 18.2 Å². The molecule has 2 aromatic carbocycles. The predicted molar refractivity (Wildman–Crippen MR) is 118 cm³/mol. The molecule has 0 spiro atoms. The molecule has 0 atom stereocenters. The van der Waals surface area contributed by atoms with E-state index < -0.39 is 22.9 Å². The highest BCUT2D eigenvalue weighted by Gasteiger charge is 2.34. The Morgan fingerprint density at radius 1 is 1.09 bits per heavy atom. The summed E-state index contributed by atoms with van der Waals surface area (Å²) >= 11 is 0.727. The van der Waals surface area contributed by atoms with Crippen molar-refractivity contribution >= 4 is 34.9 Å². The molecule has 0 unspecified atom stereocenters. The molecule has 1 N–H and O–H groups in total. The predicted octanol–water partition coefficient (Wildman–Crippen LogP) is 3.32. The maximum atomic E-state index is 13.8. The van der Waals surface area contributed by atoms with Gasteiger partial charge in [0.25, 0.3) is 17.1 Å². The SMILES string of the molecule is COc1cc(C(=O)NCCN2C(=O)S/C(=C\c3ccccc3F)C2=O)cc(OC)c1OC. The fourth-order valence-electron chi connectivity index (χ4n) is 3.02. The van der Waals surface area contributed by atoms with E-state index in [9.17, 15) is 18.8 Å². The number of halogens is 1. The number of imide groups is 1. The van der Waals surface area contributed by atoms with Crippen molar-refractivity contribution in [2.45, 2.75) is 0 Å². The molecule has 1 aliphatic rings. The molecular weight excluding hydrogens is 439 g/mol. The molecule has 1 aliphatic heterocycles. The molecule has 1 fully saturated rings. The van der Waals surface area contributed by atoms with Crippen LogP contribution in [0.4, 0.5) is 9.18 Å². The largest absolute Gasteiger partial charge is 0.493 e. The first-order chi connectivity index (χ1) is 15.4. The van der Waals surface area contributed by atoms with Gasteiger partial charge < -0.3 is 19.5 Å². The van der Waals surface area contributed by atoms with Crippen molar-refractivity contribution in [2.75, 3.05) is 34.4 Å². The molecule has 10 heteroatoms. The summed E-state index contributed by atoms with van der Waals surface area (Å²) in [4.78, 5) is 38.5. The van der Waals surface area contributed by atoms with Crippen LogP contribution in [0.15, 0.2) is 41.3 Å². The van der Waals surface area contributed by atoms with Gasteiger partial charge in [0, 0.05) is 24.2 Å². The van der Waals surface area contributed by atoms with Crippen molar-refractivity contribution in [1.82, 2.24) is 10.2 Å². The van der Waals surface area contributed by atoms with Crippen molar-refractivity contribution in [3.8, 4) is 17.2 Å². The van der Waals surface area contributed by atoms with Gasteiger partial charge in [-0.15, -0.1) is 0 Å². The van der Waals surface area contributed by atoms with Crippen LogP contribution >= 0.6 is 11.8 Å². The lowest BCUT2D eigenvalue weighted by molar-refractivity contribution is -0.122. The van der Waals surface area contributed by atoms with Crippen LogP contribution in [0.3, 0.4) is 0 Å². The van der Waals surface area contributed by atoms with E-state index in [1.165, 1.54) is 57.7 Å². The van der Waals surface area contributed by atoms with Crippen LogP contribution < -0.4 is 19.5 Å². The smallest absolute Gasteiger partial charge is 0.293 e. The van der Waals surface area contributed by atoms with E-state index in [1.807, 2.05) is 0 Å². The number of nitrogens with one attached hydrogen (secondary N) is 1. The lowest BCUT2D eigenvalue weighted by Crippen LogP contribution is -2.37. The summed E-state index contributed by atoms with van der Waals surface area (Å²) in [5.74, 6) is -0.478. The van der Waals surface area contributed by atoms with Crippen molar-refractivity contribution in [3.63, 3.8) is 0 Å². The highest BCUT2D eigenvalue weighted by atomic mass is 32.2. The Morgan fingerprint density at radius 3 is 2.34 bits per heavy atom. The lowest BCUT2D eigenvalue weighted by atomic mass is 10.1. The highest BCUT2D eigenvalue weighted by Crippen LogP contribution is 2.38. The average molecular weight is 460 g/mol. The van der Waals surface area contributed by atoms with Crippen LogP contribution in [0.1, 0.15) is 15.9 Å². The fraction of sp³-hybridized carbons (Fsp3) is 0.227. The number of nitrogens with zero attached hydrogens (tertiary/aromatic N) is 1. The van der Waals surface area contributed by atoms with Gasteiger partial charge in [0.15, 0.2) is 11.5 Å². The van der Waals surface area contributed by atoms with Gasteiger partial charge in [0.05, 0.1) is 26.2 Å². The monoisotopic (exact) mass is 460 g/mol. The van der Waals surface area contributed by atoms with Crippen LogP contribution in [0.5, 0.6) is 17.2 Å². The van der Waals surface area contributed by atoms with Gasteiger partial charge in [0.2, 0.25) is 5.75 Å². The molecule has 8 nitrogen and oxygen atoms in total. The Kier molecular flexibility index (Phi) is 7.37. The fourth-order valence-corrected chi connectivity index (χ4v) is 3.88. The second-order valence-electron chi connectivity index (χ2n) is 6.52. The van der Waals surface area contributed by atoms with E-state index in [-0.39, 0.29) is 29.1 Å². The number of ether oxygens (including phenoxy) is 3. The summed E-state index contributed by atoms with van der Waals surface area (Å²) < 4.78 is 29.5. The van der Waals surface area contributed by atoms with Crippen LogP contribution in [-0.2, 0) is 4.79 Å². The Balaban J connectivity index is 1.65. The summed E-state index contributed by atoms with van der Waals surface area (Å²) in [5.41, 5.74) is 0.474. The quantitative estimate of drug-likeness (QED) is 0.604. The minimum absolute atomic E-state index is 0.0283. The molecule has 0 bridgehead atoms. The van der Waals surface area contributed by atoms with Crippen molar-refractivity contribution in [3.05, 3.63) is 58.2 Å². The van der Waals surface area contributed by atoms with Crippen molar-refractivity contribution in [1.29, 1.82) is 0 Å². The van der Waals surface area contributed by atoms with Crippen LogP contribution in [0.25, 0.3) is 6.08 Å².